The molecular formula is C27H28ClN3O2. The molecule has 0 saturated carbocycles. The molecule has 1 amide bonds. The number of aromatic nitrogens is 2. The van der Waals surface area contributed by atoms with Gasteiger partial charge in [0.25, 0.3) is 5.91 Å². The van der Waals surface area contributed by atoms with Crippen LogP contribution in [0.25, 0.3) is 11.0 Å². The first kappa shape index (κ1) is 22.9. The maximum absolute atomic E-state index is 12.3. The molecule has 0 radical (unpaired) electrons. The predicted octanol–water partition coefficient (Wildman–Crippen LogP) is 5.89. The molecule has 170 valence electrons. The highest BCUT2D eigenvalue weighted by atomic mass is 35.5. The van der Waals surface area contributed by atoms with E-state index in [2.05, 4.69) is 28.1 Å². The molecule has 0 aliphatic carbocycles. The maximum atomic E-state index is 12.3. The first-order chi connectivity index (χ1) is 16.2. The molecule has 0 spiro atoms. The van der Waals surface area contributed by atoms with Gasteiger partial charge in [-0.1, -0.05) is 48.4 Å². The van der Waals surface area contributed by atoms with E-state index in [0.29, 0.717) is 18.7 Å². The second-order valence-electron chi connectivity index (χ2n) is 7.99. The quantitative estimate of drug-likeness (QED) is 0.299. The summed E-state index contributed by atoms with van der Waals surface area (Å²) in [6.45, 7) is 1.36. The number of imidazole rings is 1. The maximum Gasteiger partial charge on any atom is 0.251 e. The summed E-state index contributed by atoms with van der Waals surface area (Å²) < 4.78 is 7.40. The van der Waals surface area contributed by atoms with Gasteiger partial charge in [-0.15, -0.1) is 0 Å². The Morgan fingerprint density at radius 2 is 1.73 bits per heavy atom. The van der Waals surface area contributed by atoms with Gasteiger partial charge in [-0.05, 0) is 60.9 Å². The van der Waals surface area contributed by atoms with Crippen molar-refractivity contribution in [3.63, 3.8) is 0 Å². The van der Waals surface area contributed by atoms with Crippen LogP contribution in [0.1, 0.15) is 41.0 Å². The number of rotatable bonds is 10. The molecule has 6 heteroatoms. The average molecular weight is 462 g/mol. The van der Waals surface area contributed by atoms with Gasteiger partial charge < -0.3 is 14.6 Å². The number of hydrogen-bond acceptors (Lipinski definition) is 3. The van der Waals surface area contributed by atoms with Crippen LogP contribution in [0.4, 0.5) is 0 Å². The fourth-order valence-corrected chi connectivity index (χ4v) is 4.12. The zero-order valence-electron chi connectivity index (χ0n) is 18.8. The van der Waals surface area contributed by atoms with Gasteiger partial charge >= 0.3 is 0 Å². The monoisotopic (exact) mass is 461 g/mol. The van der Waals surface area contributed by atoms with Crippen molar-refractivity contribution in [1.82, 2.24) is 14.9 Å². The molecule has 1 N–H and O–H groups in total. The molecule has 1 aromatic heterocycles. The zero-order valence-corrected chi connectivity index (χ0v) is 19.5. The number of amides is 1. The molecule has 4 rings (SSSR count). The summed E-state index contributed by atoms with van der Waals surface area (Å²) in [7, 11) is 1.61. The lowest BCUT2D eigenvalue weighted by atomic mass is 10.1. The molecule has 3 aromatic carbocycles. The Kier molecular flexibility index (Phi) is 7.63. The van der Waals surface area contributed by atoms with Crippen molar-refractivity contribution in [2.24, 2.45) is 0 Å². The summed E-state index contributed by atoms with van der Waals surface area (Å²) in [6, 6.07) is 23.3. The number of unbranched alkanes of at least 4 members (excludes halogenated alkanes) is 2. The third kappa shape index (κ3) is 5.74. The number of halogens is 1. The van der Waals surface area contributed by atoms with Crippen molar-refractivity contribution in [3.8, 4) is 5.75 Å². The van der Waals surface area contributed by atoms with E-state index in [1.165, 1.54) is 0 Å². The Balaban J connectivity index is 1.31. The Hall–Kier alpha value is -3.31. The number of aryl methyl sites for hydroxylation is 1. The van der Waals surface area contributed by atoms with Gasteiger partial charge in [0.1, 0.15) is 11.6 Å². The third-order valence-electron chi connectivity index (χ3n) is 5.73. The van der Waals surface area contributed by atoms with Crippen molar-refractivity contribution in [2.75, 3.05) is 13.7 Å². The number of methoxy groups -OCH3 is 1. The number of para-hydroxylation sites is 2. The smallest absolute Gasteiger partial charge is 0.251 e. The molecule has 0 unspecified atom stereocenters. The number of carbonyl (C=O) groups excluding carboxylic acids is 1. The van der Waals surface area contributed by atoms with Gasteiger partial charge in [-0.25, -0.2) is 4.98 Å². The van der Waals surface area contributed by atoms with Crippen LogP contribution in [0, 0.1) is 0 Å². The summed E-state index contributed by atoms with van der Waals surface area (Å²) in [5.41, 5.74) is 3.86. The van der Waals surface area contributed by atoms with Crippen LogP contribution in [0.3, 0.4) is 0 Å². The number of nitrogens with one attached hydrogen (secondary N) is 1. The lowest BCUT2D eigenvalue weighted by Crippen LogP contribution is -2.24. The van der Waals surface area contributed by atoms with Crippen LogP contribution in [0.5, 0.6) is 5.75 Å². The minimum atomic E-state index is -0.0563. The Labute approximate surface area is 199 Å². The van der Waals surface area contributed by atoms with Crippen molar-refractivity contribution in [3.05, 3.63) is 94.8 Å². The van der Waals surface area contributed by atoms with E-state index < -0.39 is 0 Å². The highest BCUT2D eigenvalue weighted by Crippen LogP contribution is 2.23. The molecule has 0 atom stereocenters. The van der Waals surface area contributed by atoms with Gasteiger partial charge in [0.2, 0.25) is 0 Å². The molecule has 4 aromatic rings. The Morgan fingerprint density at radius 1 is 0.970 bits per heavy atom. The SMILES string of the molecule is COc1ccc(C(=O)NCCCCCc2nc3ccccc3n2Cc2ccccc2Cl)cc1. The average Bonchev–Trinajstić information content (AvgIpc) is 3.19. The first-order valence-electron chi connectivity index (χ1n) is 11.3. The van der Waals surface area contributed by atoms with Crippen LogP contribution in [0.2, 0.25) is 5.02 Å². The molecule has 1 heterocycles. The third-order valence-corrected chi connectivity index (χ3v) is 6.10. The number of hydrogen-bond donors (Lipinski definition) is 1. The molecule has 33 heavy (non-hydrogen) atoms. The molecule has 0 saturated heterocycles. The van der Waals surface area contributed by atoms with Crippen LogP contribution in [-0.4, -0.2) is 29.1 Å². The van der Waals surface area contributed by atoms with E-state index in [1.54, 1.807) is 31.4 Å². The van der Waals surface area contributed by atoms with Gasteiger partial charge in [0, 0.05) is 23.6 Å². The van der Waals surface area contributed by atoms with E-state index >= 15 is 0 Å². The lowest BCUT2D eigenvalue weighted by Gasteiger charge is -2.11. The molecule has 0 aliphatic heterocycles. The van der Waals surface area contributed by atoms with Crippen molar-refractivity contribution >= 4 is 28.5 Å². The van der Waals surface area contributed by atoms with Crippen molar-refractivity contribution in [1.29, 1.82) is 0 Å². The number of ether oxygens (including phenoxy) is 1. The minimum absolute atomic E-state index is 0.0563. The molecule has 0 fully saturated rings. The summed E-state index contributed by atoms with van der Waals surface area (Å²) in [6.07, 6.45) is 3.82. The van der Waals surface area contributed by atoms with Gasteiger partial charge in [0.05, 0.1) is 24.7 Å². The second-order valence-corrected chi connectivity index (χ2v) is 8.40. The van der Waals surface area contributed by atoms with E-state index in [-0.39, 0.29) is 5.91 Å². The highest BCUT2D eigenvalue weighted by Gasteiger charge is 2.12. The van der Waals surface area contributed by atoms with Gasteiger partial charge in [0.15, 0.2) is 0 Å². The van der Waals surface area contributed by atoms with Crippen molar-refractivity contribution in [2.45, 2.75) is 32.2 Å². The Bertz CT molecular complexity index is 1220. The zero-order chi connectivity index (χ0) is 23.0. The number of fused-ring (bicyclic) bond motifs is 1. The summed E-state index contributed by atoms with van der Waals surface area (Å²) in [5.74, 6) is 1.75. The van der Waals surface area contributed by atoms with E-state index in [1.807, 2.05) is 30.3 Å². The summed E-state index contributed by atoms with van der Waals surface area (Å²) in [5, 5.41) is 3.76. The topological polar surface area (TPSA) is 56.1 Å². The number of nitrogens with zero attached hydrogens (tertiary/aromatic N) is 2. The summed E-state index contributed by atoms with van der Waals surface area (Å²) in [4.78, 5) is 17.1. The number of carbonyl (C=O) groups is 1. The largest absolute Gasteiger partial charge is 0.497 e. The van der Waals surface area contributed by atoms with Gasteiger partial charge in [-0.2, -0.15) is 0 Å². The fourth-order valence-electron chi connectivity index (χ4n) is 3.92. The van der Waals surface area contributed by atoms with E-state index in [0.717, 1.165) is 58.9 Å². The number of benzene rings is 3. The fraction of sp³-hybridized carbons (Fsp3) is 0.259. The predicted molar refractivity (Wildman–Crippen MR) is 133 cm³/mol. The molecule has 5 nitrogen and oxygen atoms in total. The lowest BCUT2D eigenvalue weighted by molar-refractivity contribution is 0.0953. The molecule has 0 bridgehead atoms. The second kappa shape index (κ2) is 11.0. The van der Waals surface area contributed by atoms with E-state index in [4.69, 9.17) is 21.3 Å². The minimum Gasteiger partial charge on any atom is -0.497 e. The summed E-state index contributed by atoms with van der Waals surface area (Å²) >= 11 is 6.42. The Morgan fingerprint density at radius 3 is 2.52 bits per heavy atom. The molecule has 0 aliphatic rings. The van der Waals surface area contributed by atoms with E-state index in [9.17, 15) is 4.79 Å². The highest BCUT2D eigenvalue weighted by molar-refractivity contribution is 6.31. The standard InChI is InChI=1S/C27H28ClN3O2/c1-33-22-16-14-20(15-17-22)27(32)29-18-8-2-3-13-26-30-24-11-6-7-12-25(24)31(26)19-21-9-4-5-10-23(21)28/h4-7,9-12,14-17H,2-3,8,13,18-19H2,1H3,(H,29,32). The van der Waals surface area contributed by atoms with Crippen LogP contribution >= 0.6 is 11.6 Å². The van der Waals surface area contributed by atoms with Crippen LogP contribution in [-0.2, 0) is 13.0 Å². The van der Waals surface area contributed by atoms with Crippen molar-refractivity contribution < 1.29 is 9.53 Å². The normalized spacial score (nSPS) is 11.0. The van der Waals surface area contributed by atoms with Gasteiger partial charge in [-0.3, -0.25) is 4.79 Å². The van der Waals surface area contributed by atoms with Crippen LogP contribution in [0.15, 0.2) is 72.8 Å². The molecular weight excluding hydrogens is 434 g/mol. The first-order valence-corrected chi connectivity index (χ1v) is 11.6. The van der Waals surface area contributed by atoms with Crippen LogP contribution < -0.4 is 10.1 Å².